The summed E-state index contributed by atoms with van der Waals surface area (Å²) in [5.41, 5.74) is 2.92. The van der Waals surface area contributed by atoms with Crippen molar-refractivity contribution in [1.29, 1.82) is 0 Å². The van der Waals surface area contributed by atoms with Gasteiger partial charge in [0, 0.05) is 13.6 Å². The standard InChI is InChI=1S/C12H18N4O2S2/c1-3-9-10-11(15(2)14-9)16(12(19)13-10)6-8-4-5-20(17,18)7-8/h8H,3-7H2,1-2H3,(H,13,19). The molecule has 0 aromatic carbocycles. The molecule has 3 rings (SSSR count). The third kappa shape index (κ3) is 2.20. The molecule has 0 radical (unpaired) electrons. The van der Waals surface area contributed by atoms with Crippen molar-refractivity contribution in [2.24, 2.45) is 13.0 Å². The number of H-pyrrole nitrogens is 1. The highest BCUT2D eigenvalue weighted by Gasteiger charge is 2.29. The molecule has 0 spiro atoms. The van der Waals surface area contributed by atoms with E-state index in [1.54, 1.807) is 0 Å². The fourth-order valence-electron chi connectivity index (χ4n) is 2.97. The predicted molar refractivity (Wildman–Crippen MR) is 80.0 cm³/mol. The monoisotopic (exact) mass is 314 g/mol. The van der Waals surface area contributed by atoms with Gasteiger partial charge in [0.1, 0.15) is 5.52 Å². The molecular formula is C12H18N4O2S2. The van der Waals surface area contributed by atoms with Crippen molar-refractivity contribution in [1.82, 2.24) is 19.3 Å². The quantitative estimate of drug-likeness (QED) is 0.870. The van der Waals surface area contributed by atoms with E-state index in [9.17, 15) is 8.42 Å². The Labute approximate surface area is 122 Å². The molecule has 6 nitrogen and oxygen atoms in total. The smallest absolute Gasteiger partial charge is 0.179 e. The first-order valence-corrected chi connectivity index (χ1v) is 8.99. The van der Waals surface area contributed by atoms with Crippen LogP contribution >= 0.6 is 12.2 Å². The molecule has 1 aliphatic rings. The van der Waals surface area contributed by atoms with Crippen LogP contribution in [-0.4, -0.2) is 39.3 Å². The van der Waals surface area contributed by atoms with Crippen LogP contribution < -0.4 is 0 Å². The number of hydrogen-bond donors (Lipinski definition) is 1. The number of rotatable bonds is 3. The van der Waals surface area contributed by atoms with Crippen molar-refractivity contribution in [2.45, 2.75) is 26.3 Å². The second-order valence-electron chi connectivity index (χ2n) is 5.43. The highest BCUT2D eigenvalue weighted by atomic mass is 32.2. The van der Waals surface area contributed by atoms with Crippen LogP contribution in [0.3, 0.4) is 0 Å². The van der Waals surface area contributed by atoms with Crippen molar-refractivity contribution in [3.63, 3.8) is 0 Å². The Hall–Kier alpha value is -1.15. The molecule has 0 aliphatic carbocycles. The Morgan fingerprint density at radius 3 is 2.85 bits per heavy atom. The average molecular weight is 314 g/mol. The Balaban J connectivity index is 2.02. The fraction of sp³-hybridized carbons (Fsp3) is 0.667. The Kier molecular flexibility index (Phi) is 3.24. The van der Waals surface area contributed by atoms with E-state index in [1.165, 1.54) is 0 Å². The van der Waals surface area contributed by atoms with Gasteiger partial charge in [0.05, 0.1) is 17.2 Å². The van der Waals surface area contributed by atoms with Crippen LogP contribution in [0, 0.1) is 10.7 Å². The van der Waals surface area contributed by atoms with Crippen molar-refractivity contribution in [2.75, 3.05) is 11.5 Å². The highest BCUT2D eigenvalue weighted by Crippen LogP contribution is 2.24. The second kappa shape index (κ2) is 4.70. The summed E-state index contributed by atoms with van der Waals surface area (Å²) in [7, 11) is -0.959. The molecule has 2 aromatic heterocycles. The van der Waals surface area contributed by atoms with Gasteiger partial charge >= 0.3 is 0 Å². The minimum atomic E-state index is -2.85. The van der Waals surface area contributed by atoms with E-state index in [2.05, 4.69) is 17.0 Å². The van der Waals surface area contributed by atoms with Gasteiger partial charge in [-0.3, -0.25) is 4.68 Å². The van der Waals surface area contributed by atoms with E-state index in [0.29, 0.717) is 17.1 Å². The molecule has 0 amide bonds. The third-order valence-corrected chi connectivity index (χ3v) is 6.08. The number of aryl methyl sites for hydroxylation is 2. The van der Waals surface area contributed by atoms with Gasteiger partial charge in [0.2, 0.25) is 0 Å². The zero-order valence-corrected chi connectivity index (χ0v) is 13.2. The lowest BCUT2D eigenvalue weighted by Crippen LogP contribution is -2.14. The van der Waals surface area contributed by atoms with Gasteiger partial charge in [0.25, 0.3) is 0 Å². The predicted octanol–water partition coefficient (Wildman–Crippen LogP) is 1.43. The number of nitrogens with zero attached hydrogens (tertiary/aromatic N) is 3. The van der Waals surface area contributed by atoms with Gasteiger partial charge in [0.15, 0.2) is 20.3 Å². The molecule has 1 fully saturated rings. The molecular weight excluding hydrogens is 296 g/mol. The molecule has 0 bridgehead atoms. The number of fused-ring (bicyclic) bond motifs is 1. The van der Waals surface area contributed by atoms with Crippen LogP contribution in [0.5, 0.6) is 0 Å². The highest BCUT2D eigenvalue weighted by molar-refractivity contribution is 7.91. The number of sulfone groups is 1. The van der Waals surface area contributed by atoms with Crippen LogP contribution in [0.25, 0.3) is 11.2 Å². The van der Waals surface area contributed by atoms with Gasteiger partial charge in [-0.1, -0.05) is 6.92 Å². The van der Waals surface area contributed by atoms with Crippen LogP contribution in [-0.2, 0) is 29.9 Å². The van der Waals surface area contributed by atoms with Gasteiger partial charge in [-0.2, -0.15) is 5.10 Å². The van der Waals surface area contributed by atoms with Crippen molar-refractivity contribution in [3.8, 4) is 0 Å². The van der Waals surface area contributed by atoms with Crippen molar-refractivity contribution in [3.05, 3.63) is 10.5 Å². The fourth-order valence-corrected chi connectivity index (χ4v) is 5.08. The molecule has 1 aliphatic heterocycles. The van der Waals surface area contributed by atoms with Crippen LogP contribution in [0.15, 0.2) is 0 Å². The molecule has 0 saturated carbocycles. The summed E-state index contributed by atoms with van der Waals surface area (Å²) in [4.78, 5) is 3.21. The first-order chi connectivity index (χ1) is 9.41. The van der Waals surface area contributed by atoms with Crippen LogP contribution in [0.4, 0.5) is 0 Å². The zero-order valence-electron chi connectivity index (χ0n) is 11.6. The van der Waals surface area contributed by atoms with Crippen molar-refractivity contribution < 1.29 is 8.42 Å². The van der Waals surface area contributed by atoms with Gasteiger partial charge in [-0.15, -0.1) is 0 Å². The lowest BCUT2D eigenvalue weighted by atomic mass is 10.1. The lowest BCUT2D eigenvalue weighted by molar-refractivity contribution is 0.489. The summed E-state index contributed by atoms with van der Waals surface area (Å²) in [6.45, 7) is 2.69. The van der Waals surface area contributed by atoms with Crippen LogP contribution in [0.2, 0.25) is 0 Å². The molecule has 2 aromatic rings. The van der Waals surface area contributed by atoms with Gasteiger partial charge < -0.3 is 9.55 Å². The van der Waals surface area contributed by atoms with Gasteiger partial charge in [-0.25, -0.2) is 8.42 Å². The van der Waals surface area contributed by atoms with Crippen molar-refractivity contribution >= 4 is 33.2 Å². The third-order valence-electron chi connectivity index (χ3n) is 3.92. The van der Waals surface area contributed by atoms with Crippen LogP contribution in [0.1, 0.15) is 19.0 Å². The molecule has 1 unspecified atom stereocenters. The number of hydrogen-bond acceptors (Lipinski definition) is 4. The minimum Gasteiger partial charge on any atom is -0.328 e. The first-order valence-electron chi connectivity index (χ1n) is 6.76. The maximum atomic E-state index is 11.6. The average Bonchev–Trinajstić information content (AvgIpc) is 2.97. The summed E-state index contributed by atoms with van der Waals surface area (Å²) in [6, 6.07) is 0. The molecule has 1 atom stereocenters. The number of aromatic amines is 1. The first kappa shape index (κ1) is 13.8. The number of aromatic nitrogens is 4. The van der Waals surface area contributed by atoms with E-state index < -0.39 is 9.84 Å². The lowest BCUT2D eigenvalue weighted by Gasteiger charge is -2.09. The second-order valence-corrected chi connectivity index (χ2v) is 8.05. The van der Waals surface area contributed by atoms with E-state index >= 15 is 0 Å². The zero-order chi connectivity index (χ0) is 14.5. The van der Waals surface area contributed by atoms with E-state index in [0.717, 1.165) is 29.7 Å². The summed E-state index contributed by atoms with van der Waals surface area (Å²) in [5, 5.41) is 4.47. The molecule has 1 N–H and O–H groups in total. The van der Waals surface area contributed by atoms with E-state index in [-0.39, 0.29) is 11.7 Å². The molecule has 20 heavy (non-hydrogen) atoms. The van der Waals surface area contributed by atoms with E-state index in [4.69, 9.17) is 12.2 Å². The number of imidazole rings is 1. The number of nitrogens with one attached hydrogen (secondary N) is 1. The van der Waals surface area contributed by atoms with E-state index in [1.807, 2.05) is 16.3 Å². The SMILES string of the molecule is CCc1nn(C)c2c1[nH]c(=S)n2CC1CCS(=O)(=O)C1. The summed E-state index contributed by atoms with van der Waals surface area (Å²) >= 11 is 5.38. The maximum Gasteiger partial charge on any atom is 0.179 e. The summed E-state index contributed by atoms with van der Waals surface area (Å²) in [6.07, 6.45) is 1.56. The minimum absolute atomic E-state index is 0.144. The van der Waals surface area contributed by atoms with Gasteiger partial charge in [-0.05, 0) is 31.0 Å². The maximum absolute atomic E-state index is 11.6. The Bertz CT molecular complexity index is 812. The molecule has 1 saturated heterocycles. The summed E-state index contributed by atoms with van der Waals surface area (Å²) < 4.78 is 27.6. The Morgan fingerprint density at radius 1 is 1.50 bits per heavy atom. The normalized spacial score (nSPS) is 21.8. The molecule has 110 valence electrons. The molecule has 3 heterocycles. The summed E-state index contributed by atoms with van der Waals surface area (Å²) in [5.74, 6) is 0.704. The largest absolute Gasteiger partial charge is 0.328 e. The topological polar surface area (TPSA) is 72.7 Å². The molecule has 8 heteroatoms. The Morgan fingerprint density at radius 2 is 2.25 bits per heavy atom.